The third-order valence-electron chi connectivity index (χ3n) is 5.53. The highest BCUT2D eigenvalue weighted by Crippen LogP contribution is 2.42. The van der Waals surface area contributed by atoms with E-state index in [1.807, 2.05) is 39.0 Å². The molecule has 1 aliphatic rings. The van der Waals surface area contributed by atoms with E-state index in [9.17, 15) is 14.7 Å². The van der Waals surface area contributed by atoms with Crippen molar-refractivity contribution < 1.29 is 28.9 Å². The lowest BCUT2D eigenvalue weighted by molar-refractivity contribution is -0.140. The van der Waals surface area contributed by atoms with Crippen molar-refractivity contribution in [1.29, 1.82) is 0 Å². The Balaban J connectivity index is 2.22. The number of hydrogen-bond donors (Lipinski definition) is 1. The van der Waals surface area contributed by atoms with Crippen molar-refractivity contribution >= 4 is 17.4 Å². The monoisotopic (exact) mass is 439 g/mol. The van der Waals surface area contributed by atoms with Crippen LogP contribution >= 0.6 is 0 Å². The molecule has 1 saturated heterocycles. The second-order valence-corrected chi connectivity index (χ2v) is 7.65. The van der Waals surface area contributed by atoms with Gasteiger partial charge in [0.1, 0.15) is 5.76 Å². The van der Waals surface area contributed by atoms with Crippen molar-refractivity contribution in [3.05, 3.63) is 64.2 Å². The zero-order chi connectivity index (χ0) is 23.4. The number of likely N-dealkylation sites (tertiary alicyclic amines) is 1. The van der Waals surface area contributed by atoms with E-state index in [2.05, 4.69) is 0 Å². The topological polar surface area (TPSA) is 85.3 Å². The summed E-state index contributed by atoms with van der Waals surface area (Å²) in [5.41, 5.74) is 2.94. The zero-order valence-electron chi connectivity index (χ0n) is 19.1. The third-order valence-corrected chi connectivity index (χ3v) is 5.53. The molecule has 1 amide bonds. The first kappa shape index (κ1) is 23.3. The maximum absolute atomic E-state index is 13.1. The maximum atomic E-state index is 13.1. The number of carbonyl (C=O) groups excluding carboxylic acids is 2. The van der Waals surface area contributed by atoms with Gasteiger partial charge in [-0.25, -0.2) is 0 Å². The van der Waals surface area contributed by atoms with Crippen LogP contribution in [0.1, 0.15) is 35.2 Å². The van der Waals surface area contributed by atoms with Crippen molar-refractivity contribution in [3.8, 4) is 11.5 Å². The highest BCUT2D eigenvalue weighted by atomic mass is 16.5. The van der Waals surface area contributed by atoms with Crippen LogP contribution in [0, 0.1) is 13.8 Å². The van der Waals surface area contributed by atoms with Crippen LogP contribution in [0.5, 0.6) is 11.5 Å². The molecule has 1 heterocycles. The molecule has 0 aliphatic carbocycles. The molecule has 1 atom stereocenters. The van der Waals surface area contributed by atoms with Crippen LogP contribution in [0.3, 0.4) is 0 Å². The highest BCUT2D eigenvalue weighted by Gasteiger charge is 2.46. The molecular weight excluding hydrogens is 410 g/mol. The first-order valence-electron chi connectivity index (χ1n) is 10.5. The molecule has 2 aromatic carbocycles. The van der Waals surface area contributed by atoms with Gasteiger partial charge in [-0.05, 0) is 50.1 Å². The average Bonchev–Trinajstić information content (AvgIpc) is 3.04. The Bertz CT molecular complexity index is 1060. The lowest BCUT2D eigenvalue weighted by Gasteiger charge is -2.26. The molecule has 1 N–H and O–H groups in total. The zero-order valence-corrected chi connectivity index (χ0v) is 19.1. The summed E-state index contributed by atoms with van der Waals surface area (Å²) in [6, 6.07) is 10.1. The number of ether oxygens (including phenoxy) is 3. The fourth-order valence-corrected chi connectivity index (χ4v) is 3.91. The van der Waals surface area contributed by atoms with Gasteiger partial charge in [-0.15, -0.1) is 0 Å². The molecule has 1 aliphatic heterocycles. The number of rotatable bonds is 8. The van der Waals surface area contributed by atoms with Crippen LogP contribution in [0.2, 0.25) is 0 Å². The summed E-state index contributed by atoms with van der Waals surface area (Å²) < 4.78 is 16.2. The van der Waals surface area contributed by atoms with Gasteiger partial charge in [-0.1, -0.05) is 23.8 Å². The van der Waals surface area contributed by atoms with Crippen LogP contribution in [0.4, 0.5) is 0 Å². The predicted octanol–water partition coefficient (Wildman–Crippen LogP) is 3.78. The van der Waals surface area contributed by atoms with E-state index in [4.69, 9.17) is 14.2 Å². The lowest BCUT2D eigenvalue weighted by atomic mass is 9.93. The number of carbonyl (C=O) groups is 2. The standard InChI is InChI=1S/C25H29NO6/c1-6-32-19-10-9-17(14-20(19)31-5)22-21(24(28)25(29)26(22)11-12-30-4)23(27)18-13-15(2)7-8-16(18)3/h7-10,13-14,22,27H,6,11-12H2,1-5H3/b23-21+. The summed E-state index contributed by atoms with van der Waals surface area (Å²) in [4.78, 5) is 27.5. The molecule has 0 saturated carbocycles. The largest absolute Gasteiger partial charge is 0.507 e. The number of amides is 1. The van der Waals surface area contributed by atoms with E-state index in [1.165, 1.54) is 19.1 Å². The first-order valence-corrected chi connectivity index (χ1v) is 10.5. The number of aliphatic hydroxyl groups is 1. The van der Waals surface area contributed by atoms with Gasteiger partial charge in [0, 0.05) is 19.2 Å². The number of benzene rings is 2. The molecule has 3 rings (SSSR count). The summed E-state index contributed by atoms with van der Waals surface area (Å²) in [6.45, 7) is 6.55. The van der Waals surface area contributed by atoms with Crippen molar-refractivity contribution in [1.82, 2.24) is 4.90 Å². The van der Waals surface area contributed by atoms with Gasteiger partial charge < -0.3 is 24.2 Å². The molecule has 7 heteroatoms. The van der Waals surface area contributed by atoms with Gasteiger partial charge in [0.05, 0.1) is 31.9 Å². The number of aryl methyl sites for hydroxylation is 2. The number of hydrogen-bond acceptors (Lipinski definition) is 6. The first-order chi connectivity index (χ1) is 15.3. The van der Waals surface area contributed by atoms with Crippen molar-refractivity contribution in [3.63, 3.8) is 0 Å². The SMILES string of the molecule is CCOc1ccc(C2/C(=C(\O)c3cc(C)ccc3C)C(=O)C(=O)N2CCOC)cc1OC. The number of methoxy groups -OCH3 is 2. The molecule has 0 bridgehead atoms. The highest BCUT2D eigenvalue weighted by molar-refractivity contribution is 6.46. The van der Waals surface area contributed by atoms with E-state index in [-0.39, 0.29) is 24.5 Å². The summed E-state index contributed by atoms with van der Waals surface area (Å²) in [5, 5.41) is 11.2. The Kier molecular flexibility index (Phi) is 7.20. The molecule has 7 nitrogen and oxygen atoms in total. The normalized spacial score (nSPS) is 17.7. The number of aliphatic hydroxyl groups excluding tert-OH is 1. The van der Waals surface area contributed by atoms with E-state index in [0.29, 0.717) is 29.2 Å². The average molecular weight is 440 g/mol. The maximum Gasteiger partial charge on any atom is 0.295 e. The van der Waals surface area contributed by atoms with Crippen LogP contribution in [-0.2, 0) is 14.3 Å². The lowest BCUT2D eigenvalue weighted by Crippen LogP contribution is -2.32. The van der Waals surface area contributed by atoms with Gasteiger partial charge in [0.25, 0.3) is 11.7 Å². The Morgan fingerprint density at radius 1 is 1.06 bits per heavy atom. The van der Waals surface area contributed by atoms with Crippen molar-refractivity contribution in [2.45, 2.75) is 26.8 Å². The van der Waals surface area contributed by atoms with Crippen molar-refractivity contribution in [2.24, 2.45) is 0 Å². The minimum absolute atomic E-state index is 0.0472. The van der Waals surface area contributed by atoms with Gasteiger partial charge in [-0.2, -0.15) is 0 Å². The Hall–Kier alpha value is -3.32. The summed E-state index contributed by atoms with van der Waals surface area (Å²) in [7, 11) is 3.06. The fraction of sp³-hybridized carbons (Fsp3) is 0.360. The summed E-state index contributed by atoms with van der Waals surface area (Å²) in [5.74, 6) is -0.554. The second-order valence-electron chi connectivity index (χ2n) is 7.65. The molecule has 0 radical (unpaired) electrons. The molecule has 0 spiro atoms. The van der Waals surface area contributed by atoms with Gasteiger partial charge >= 0.3 is 0 Å². The van der Waals surface area contributed by atoms with Crippen LogP contribution in [0.25, 0.3) is 5.76 Å². The van der Waals surface area contributed by atoms with Gasteiger partial charge in [0.2, 0.25) is 0 Å². The Morgan fingerprint density at radius 3 is 2.47 bits per heavy atom. The van der Waals surface area contributed by atoms with Crippen LogP contribution in [-0.4, -0.2) is 55.7 Å². The van der Waals surface area contributed by atoms with Crippen molar-refractivity contribution in [2.75, 3.05) is 34.0 Å². The fourth-order valence-electron chi connectivity index (χ4n) is 3.91. The van der Waals surface area contributed by atoms with E-state index < -0.39 is 17.7 Å². The molecule has 1 fully saturated rings. The molecule has 170 valence electrons. The van der Waals surface area contributed by atoms with Gasteiger partial charge in [-0.3, -0.25) is 9.59 Å². The quantitative estimate of drug-likeness (QED) is 0.383. The second kappa shape index (κ2) is 9.87. The summed E-state index contributed by atoms with van der Waals surface area (Å²) in [6.07, 6.45) is 0. The number of nitrogens with zero attached hydrogens (tertiary/aromatic N) is 1. The molecule has 32 heavy (non-hydrogen) atoms. The molecule has 2 aromatic rings. The Labute approximate surface area is 188 Å². The minimum Gasteiger partial charge on any atom is -0.507 e. The van der Waals surface area contributed by atoms with E-state index >= 15 is 0 Å². The third kappa shape index (κ3) is 4.34. The Morgan fingerprint density at radius 2 is 1.81 bits per heavy atom. The van der Waals surface area contributed by atoms with Gasteiger partial charge in [0.15, 0.2) is 11.5 Å². The minimum atomic E-state index is -0.783. The number of ketones is 1. The predicted molar refractivity (Wildman–Crippen MR) is 121 cm³/mol. The van der Waals surface area contributed by atoms with Crippen LogP contribution < -0.4 is 9.47 Å². The van der Waals surface area contributed by atoms with E-state index in [0.717, 1.165) is 11.1 Å². The molecule has 0 aromatic heterocycles. The number of Topliss-reactive ketones (excluding diaryl/α,β-unsaturated/α-hetero) is 1. The van der Waals surface area contributed by atoms with E-state index in [1.54, 1.807) is 18.2 Å². The van der Waals surface area contributed by atoms with Crippen LogP contribution in [0.15, 0.2) is 42.0 Å². The molecular formula is C25H29NO6. The molecule has 1 unspecified atom stereocenters. The smallest absolute Gasteiger partial charge is 0.295 e. The summed E-state index contributed by atoms with van der Waals surface area (Å²) >= 11 is 0.